The first-order chi connectivity index (χ1) is 12.8. The molecule has 1 aromatic rings. The molecule has 2 fully saturated rings. The molecule has 2 heterocycles. The van der Waals surface area contributed by atoms with Crippen LogP contribution in [0.4, 0.5) is 11.4 Å². The van der Waals surface area contributed by atoms with Crippen LogP contribution in [-0.2, 0) is 0 Å². The summed E-state index contributed by atoms with van der Waals surface area (Å²) < 4.78 is 0. The van der Waals surface area contributed by atoms with E-state index in [1.165, 1.54) is 5.56 Å². The molecule has 0 aromatic heterocycles. The predicted molar refractivity (Wildman–Crippen MR) is 109 cm³/mol. The van der Waals surface area contributed by atoms with Gasteiger partial charge in [-0.15, -0.1) is 0 Å². The smallest absolute Gasteiger partial charge is 0.162 e. The molecule has 2 saturated heterocycles. The normalized spacial score (nSPS) is 21.1. The van der Waals surface area contributed by atoms with E-state index in [4.69, 9.17) is 0 Å². The van der Waals surface area contributed by atoms with Crippen molar-refractivity contribution in [2.45, 2.75) is 6.92 Å². The Balaban J connectivity index is 1.84. The minimum atomic E-state index is 0.411. The summed E-state index contributed by atoms with van der Waals surface area (Å²) in [5.74, 6) is 0.411. The minimum Gasteiger partial charge on any atom is -0.504 e. The molecule has 0 aliphatic carbocycles. The highest BCUT2D eigenvalue weighted by Crippen LogP contribution is 2.38. The largest absolute Gasteiger partial charge is 0.504 e. The van der Waals surface area contributed by atoms with Crippen LogP contribution in [0, 0.1) is 6.92 Å². The molecule has 2 aliphatic rings. The lowest BCUT2D eigenvalue weighted by Crippen LogP contribution is -2.36. The summed E-state index contributed by atoms with van der Waals surface area (Å²) in [6.07, 6.45) is 0. The van der Waals surface area contributed by atoms with Crippen molar-refractivity contribution in [1.82, 2.24) is 21.3 Å². The van der Waals surface area contributed by atoms with E-state index in [1.54, 1.807) is 0 Å². The molecular formula is C19H34N6O. The van der Waals surface area contributed by atoms with Gasteiger partial charge in [0.15, 0.2) is 5.75 Å². The van der Waals surface area contributed by atoms with Crippen LogP contribution in [0.3, 0.4) is 0 Å². The Kier molecular flexibility index (Phi) is 7.37. The molecule has 0 bridgehead atoms. The van der Waals surface area contributed by atoms with Gasteiger partial charge in [0.1, 0.15) is 0 Å². The van der Waals surface area contributed by atoms with Gasteiger partial charge in [-0.2, -0.15) is 0 Å². The Labute approximate surface area is 157 Å². The molecule has 146 valence electrons. The molecule has 0 saturated carbocycles. The number of aromatic hydroxyl groups is 1. The van der Waals surface area contributed by atoms with E-state index < -0.39 is 0 Å². The molecular weight excluding hydrogens is 328 g/mol. The molecule has 0 spiro atoms. The van der Waals surface area contributed by atoms with Crippen LogP contribution < -0.4 is 31.1 Å². The van der Waals surface area contributed by atoms with Crippen molar-refractivity contribution in [2.24, 2.45) is 0 Å². The molecule has 0 radical (unpaired) electrons. The number of hydrogen-bond acceptors (Lipinski definition) is 7. The Morgan fingerprint density at radius 3 is 1.35 bits per heavy atom. The average Bonchev–Trinajstić information content (AvgIpc) is 2.86. The third kappa shape index (κ3) is 5.23. The van der Waals surface area contributed by atoms with E-state index in [9.17, 15) is 5.11 Å². The van der Waals surface area contributed by atoms with Crippen LogP contribution in [0.25, 0.3) is 0 Å². The van der Waals surface area contributed by atoms with Gasteiger partial charge in [-0.1, -0.05) is 0 Å². The summed E-state index contributed by atoms with van der Waals surface area (Å²) >= 11 is 0. The van der Waals surface area contributed by atoms with Gasteiger partial charge in [-0.3, -0.25) is 0 Å². The van der Waals surface area contributed by atoms with Crippen LogP contribution in [-0.4, -0.2) is 83.6 Å². The maximum atomic E-state index is 11.1. The second-order valence-corrected chi connectivity index (χ2v) is 7.13. The molecule has 7 nitrogen and oxygen atoms in total. The number of nitrogens with zero attached hydrogens (tertiary/aromatic N) is 2. The van der Waals surface area contributed by atoms with Gasteiger partial charge in [0.05, 0.1) is 11.4 Å². The zero-order valence-electron chi connectivity index (χ0n) is 16.0. The Bertz CT molecular complexity index is 502. The van der Waals surface area contributed by atoms with Gasteiger partial charge in [0, 0.05) is 78.5 Å². The van der Waals surface area contributed by atoms with Crippen molar-refractivity contribution < 1.29 is 5.11 Å². The molecule has 26 heavy (non-hydrogen) atoms. The lowest BCUT2D eigenvalue weighted by molar-refractivity contribution is 0.471. The number of aryl methyl sites for hydroxylation is 1. The highest BCUT2D eigenvalue weighted by atomic mass is 16.3. The number of benzene rings is 1. The SMILES string of the molecule is Cc1cc(N2CCNCCNCC2)c(O)c(N2CCNCCNCC2)c1. The standard InChI is InChI=1S/C19H34N6O/c1-16-14-17(24-10-6-20-2-3-21-7-11-24)19(26)18(15-16)25-12-8-22-4-5-23-9-13-25/h14-15,20-23,26H,2-13H2,1H3. The molecule has 1 aromatic carbocycles. The summed E-state index contributed by atoms with van der Waals surface area (Å²) in [5, 5.41) is 24.9. The van der Waals surface area contributed by atoms with E-state index in [2.05, 4.69) is 50.1 Å². The van der Waals surface area contributed by atoms with Crippen LogP contribution in [0.5, 0.6) is 5.75 Å². The molecule has 2 aliphatic heterocycles. The molecule has 3 rings (SSSR count). The zero-order chi connectivity index (χ0) is 18.2. The summed E-state index contributed by atoms with van der Waals surface area (Å²) in [7, 11) is 0. The fourth-order valence-electron chi connectivity index (χ4n) is 3.64. The zero-order valence-corrected chi connectivity index (χ0v) is 16.0. The van der Waals surface area contributed by atoms with Gasteiger partial charge >= 0.3 is 0 Å². The lowest BCUT2D eigenvalue weighted by Gasteiger charge is -2.30. The van der Waals surface area contributed by atoms with Crippen LogP contribution >= 0.6 is 0 Å². The summed E-state index contributed by atoms with van der Waals surface area (Å²) in [6.45, 7) is 13.4. The van der Waals surface area contributed by atoms with E-state index in [1.807, 2.05) is 0 Å². The third-order valence-corrected chi connectivity index (χ3v) is 5.09. The summed E-state index contributed by atoms with van der Waals surface area (Å²) in [5.41, 5.74) is 3.09. The van der Waals surface area contributed by atoms with E-state index in [0.29, 0.717) is 5.75 Å². The highest BCUT2D eigenvalue weighted by molar-refractivity contribution is 5.74. The maximum absolute atomic E-state index is 11.1. The van der Waals surface area contributed by atoms with Crippen LogP contribution in [0.2, 0.25) is 0 Å². The van der Waals surface area contributed by atoms with Gasteiger partial charge in [0.25, 0.3) is 0 Å². The molecule has 0 unspecified atom stereocenters. The highest BCUT2D eigenvalue weighted by Gasteiger charge is 2.19. The summed E-state index contributed by atoms with van der Waals surface area (Å²) in [4.78, 5) is 4.59. The number of hydrogen-bond donors (Lipinski definition) is 5. The fraction of sp³-hybridized carbons (Fsp3) is 0.684. The molecule has 0 amide bonds. The fourth-order valence-corrected chi connectivity index (χ4v) is 3.64. The van der Waals surface area contributed by atoms with Gasteiger partial charge in [0.2, 0.25) is 0 Å². The first kappa shape index (κ1) is 19.2. The number of phenols is 1. The summed E-state index contributed by atoms with van der Waals surface area (Å²) in [6, 6.07) is 4.23. The van der Waals surface area contributed by atoms with Crippen molar-refractivity contribution in [2.75, 3.05) is 88.3 Å². The number of nitrogens with one attached hydrogen (secondary N) is 4. The average molecular weight is 363 g/mol. The molecule has 5 N–H and O–H groups in total. The van der Waals surface area contributed by atoms with Crippen molar-refractivity contribution in [3.05, 3.63) is 17.7 Å². The number of phenolic OH excluding ortho intramolecular Hbond substituents is 1. The van der Waals surface area contributed by atoms with Gasteiger partial charge < -0.3 is 36.2 Å². The van der Waals surface area contributed by atoms with E-state index in [0.717, 1.165) is 89.9 Å². The predicted octanol–water partition coefficient (Wildman–Crippen LogP) is -0.301. The van der Waals surface area contributed by atoms with E-state index >= 15 is 0 Å². The maximum Gasteiger partial charge on any atom is 0.162 e. The second kappa shape index (κ2) is 9.97. The van der Waals surface area contributed by atoms with Crippen molar-refractivity contribution >= 4 is 11.4 Å². The van der Waals surface area contributed by atoms with Gasteiger partial charge in [-0.25, -0.2) is 0 Å². The first-order valence-corrected chi connectivity index (χ1v) is 9.92. The minimum absolute atomic E-state index is 0.411. The molecule has 7 heteroatoms. The Morgan fingerprint density at radius 1 is 0.654 bits per heavy atom. The monoisotopic (exact) mass is 362 g/mol. The van der Waals surface area contributed by atoms with Crippen molar-refractivity contribution in [3.63, 3.8) is 0 Å². The van der Waals surface area contributed by atoms with Crippen molar-refractivity contribution in [1.29, 1.82) is 0 Å². The van der Waals surface area contributed by atoms with E-state index in [-0.39, 0.29) is 0 Å². The second-order valence-electron chi connectivity index (χ2n) is 7.13. The number of rotatable bonds is 2. The number of anilines is 2. The first-order valence-electron chi connectivity index (χ1n) is 9.92. The van der Waals surface area contributed by atoms with Crippen LogP contribution in [0.15, 0.2) is 12.1 Å². The Hall–Kier alpha value is -1.54. The lowest BCUT2D eigenvalue weighted by atomic mass is 10.1. The topological polar surface area (TPSA) is 74.8 Å². The van der Waals surface area contributed by atoms with Gasteiger partial charge in [-0.05, 0) is 24.6 Å². The molecule has 0 atom stereocenters. The quantitative estimate of drug-likeness (QED) is 0.495. The third-order valence-electron chi connectivity index (χ3n) is 5.09. The van der Waals surface area contributed by atoms with Crippen LogP contribution in [0.1, 0.15) is 5.56 Å². The van der Waals surface area contributed by atoms with Crippen molar-refractivity contribution in [3.8, 4) is 5.75 Å². The Morgan fingerprint density at radius 2 is 1.00 bits per heavy atom.